The molecule has 0 aliphatic rings. The van der Waals surface area contributed by atoms with Crippen molar-refractivity contribution in [2.45, 2.75) is 32.8 Å². The van der Waals surface area contributed by atoms with Crippen LogP contribution in [0.15, 0.2) is 0 Å². The van der Waals surface area contributed by atoms with E-state index in [1.807, 2.05) is 0 Å². The van der Waals surface area contributed by atoms with E-state index in [0.29, 0.717) is 0 Å². The summed E-state index contributed by atoms with van der Waals surface area (Å²) in [6.07, 6.45) is 2.32. The van der Waals surface area contributed by atoms with Crippen molar-refractivity contribution >= 4 is 0 Å². The Kier molecular flexibility index (Phi) is 15.7. The Morgan fingerprint density at radius 3 is 1.41 bits per heavy atom. The van der Waals surface area contributed by atoms with Crippen LogP contribution in [0.4, 0.5) is 0 Å². The first-order valence-corrected chi connectivity index (χ1v) is 6.54. The molecule has 4 nitrogen and oxygen atoms in total. The average molecular weight is 247 g/mol. The van der Waals surface area contributed by atoms with Crippen LogP contribution in [0.3, 0.4) is 0 Å². The van der Waals surface area contributed by atoms with E-state index in [-0.39, 0.29) is 6.10 Å². The molecule has 106 valence electrons. The topological polar surface area (TPSA) is 38.7 Å². The Balaban J connectivity index is 0. The summed E-state index contributed by atoms with van der Waals surface area (Å²) in [4.78, 5) is 4.45. The lowest BCUT2D eigenvalue weighted by Gasteiger charge is -2.11. The van der Waals surface area contributed by atoms with Gasteiger partial charge in [-0.15, -0.1) is 0 Å². The zero-order valence-corrected chi connectivity index (χ0v) is 12.7. The number of hydrogen-bond acceptors (Lipinski definition) is 4. The summed E-state index contributed by atoms with van der Waals surface area (Å²) in [6.45, 7) is 8.10. The molecular formula is C13H33N3O. The molecule has 4 heteroatoms. The van der Waals surface area contributed by atoms with Gasteiger partial charge in [-0.05, 0) is 81.1 Å². The maximum absolute atomic E-state index is 8.06. The zero-order chi connectivity index (χ0) is 13.7. The molecule has 0 bridgehead atoms. The molecule has 0 fully saturated rings. The van der Waals surface area contributed by atoms with Gasteiger partial charge >= 0.3 is 0 Å². The first kappa shape index (κ1) is 19.2. The fourth-order valence-corrected chi connectivity index (χ4v) is 1.17. The highest BCUT2D eigenvalue weighted by Gasteiger charge is 1.92. The summed E-state index contributed by atoms with van der Waals surface area (Å²) in [7, 11) is 8.47. The molecule has 0 saturated carbocycles. The normalized spacial score (nSPS) is 10.9. The van der Waals surface area contributed by atoms with Crippen molar-refractivity contribution in [2.24, 2.45) is 0 Å². The predicted molar refractivity (Wildman–Crippen MR) is 76.6 cm³/mol. The number of hydrogen-bond donors (Lipinski definition) is 2. The molecule has 2 N–H and O–H groups in total. The van der Waals surface area contributed by atoms with Gasteiger partial charge in [-0.3, -0.25) is 0 Å². The molecule has 0 saturated heterocycles. The molecule has 0 atom stereocenters. The van der Waals surface area contributed by atoms with Crippen LogP contribution in [-0.2, 0) is 0 Å². The van der Waals surface area contributed by atoms with Gasteiger partial charge in [0.1, 0.15) is 0 Å². The first-order valence-electron chi connectivity index (χ1n) is 6.54. The van der Waals surface area contributed by atoms with E-state index in [2.05, 4.69) is 43.3 Å². The fraction of sp³-hybridized carbons (Fsp3) is 1.00. The van der Waals surface area contributed by atoms with Crippen molar-refractivity contribution in [1.82, 2.24) is 15.1 Å². The van der Waals surface area contributed by atoms with Gasteiger partial charge in [0.05, 0.1) is 0 Å². The van der Waals surface area contributed by atoms with Crippen molar-refractivity contribution in [1.29, 1.82) is 0 Å². The third-order valence-electron chi connectivity index (χ3n) is 1.92. The van der Waals surface area contributed by atoms with Gasteiger partial charge in [-0.1, -0.05) is 0 Å². The Morgan fingerprint density at radius 2 is 1.18 bits per heavy atom. The second-order valence-corrected chi connectivity index (χ2v) is 5.16. The van der Waals surface area contributed by atoms with Gasteiger partial charge in [-0.25, -0.2) is 0 Å². The van der Waals surface area contributed by atoms with Crippen LogP contribution in [0.5, 0.6) is 0 Å². The summed E-state index contributed by atoms with van der Waals surface area (Å²) >= 11 is 0. The van der Waals surface area contributed by atoms with E-state index in [1.165, 1.54) is 25.9 Å². The van der Waals surface area contributed by atoms with Crippen LogP contribution in [0.1, 0.15) is 26.7 Å². The Labute approximate surface area is 108 Å². The van der Waals surface area contributed by atoms with Gasteiger partial charge < -0.3 is 20.2 Å². The number of rotatable bonds is 8. The highest BCUT2D eigenvalue weighted by atomic mass is 16.3. The Hall–Kier alpha value is -0.160. The van der Waals surface area contributed by atoms with Gasteiger partial charge in [0, 0.05) is 6.10 Å². The van der Waals surface area contributed by atoms with Crippen LogP contribution in [0, 0.1) is 0 Å². The highest BCUT2D eigenvalue weighted by molar-refractivity contribution is 4.52. The van der Waals surface area contributed by atoms with Crippen molar-refractivity contribution in [3.05, 3.63) is 0 Å². The van der Waals surface area contributed by atoms with Gasteiger partial charge in [0.15, 0.2) is 0 Å². The molecule has 0 rings (SSSR count). The Bertz CT molecular complexity index is 124. The molecular weight excluding hydrogens is 214 g/mol. The lowest BCUT2D eigenvalue weighted by Crippen LogP contribution is -2.24. The van der Waals surface area contributed by atoms with Gasteiger partial charge in [0.2, 0.25) is 0 Å². The second-order valence-electron chi connectivity index (χ2n) is 5.16. The van der Waals surface area contributed by atoms with E-state index < -0.39 is 0 Å². The van der Waals surface area contributed by atoms with E-state index >= 15 is 0 Å². The second kappa shape index (κ2) is 13.9. The lowest BCUT2D eigenvalue weighted by molar-refractivity contribution is 0.216. The predicted octanol–water partition coefficient (Wildman–Crippen LogP) is 0.867. The molecule has 0 aromatic rings. The molecule has 0 aliphatic carbocycles. The number of aliphatic hydroxyl groups is 1. The SMILES string of the molecule is CC(C)O.CN(C)CCCNCCCN(C)C. The largest absolute Gasteiger partial charge is 0.394 e. The third kappa shape index (κ3) is 31.3. The minimum Gasteiger partial charge on any atom is -0.394 e. The minimum atomic E-state index is -0.167. The fourth-order valence-electron chi connectivity index (χ4n) is 1.17. The summed E-state index contributed by atoms with van der Waals surface area (Å²) in [5, 5.41) is 11.5. The van der Waals surface area contributed by atoms with E-state index in [0.717, 1.165) is 13.1 Å². The van der Waals surface area contributed by atoms with Crippen molar-refractivity contribution < 1.29 is 5.11 Å². The average Bonchev–Trinajstić information content (AvgIpc) is 2.14. The van der Waals surface area contributed by atoms with Gasteiger partial charge in [-0.2, -0.15) is 0 Å². The van der Waals surface area contributed by atoms with Crippen molar-refractivity contribution in [3.63, 3.8) is 0 Å². The minimum absolute atomic E-state index is 0.167. The summed E-state index contributed by atoms with van der Waals surface area (Å²) in [5.41, 5.74) is 0. The molecule has 0 unspecified atom stereocenters. The zero-order valence-electron chi connectivity index (χ0n) is 12.7. The van der Waals surface area contributed by atoms with E-state index in [9.17, 15) is 0 Å². The van der Waals surface area contributed by atoms with Crippen LogP contribution >= 0.6 is 0 Å². The number of aliphatic hydroxyl groups excluding tert-OH is 1. The Morgan fingerprint density at radius 1 is 0.882 bits per heavy atom. The van der Waals surface area contributed by atoms with E-state index in [4.69, 9.17) is 5.11 Å². The third-order valence-corrected chi connectivity index (χ3v) is 1.92. The first-order chi connectivity index (χ1) is 7.86. The molecule has 0 aromatic carbocycles. The molecule has 0 aromatic heterocycles. The smallest absolute Gasteiger partial charge is 0.0483 e. The maximum Gasteiger partial charge on any atom is 0.0483 e. The molecule has 0 amide bonds. The molecule has 17 heavy (non-hydrogen) atoms. The molecule has 0 heterocycles. The van der Waals surface area contributed by atoms with Gasteiger partial charge in [0.25, 0.3) is 0 Å². The number of nitrogens with zero attached hydrogens (tertiary/aromatic N) is 2. The lowest BCUT2D eigenvalue weighted by atomic mass is 10.3. The summed E-state index contributed by atoms with van der Waals surface area (Å²) in [6, 6.07) is 0. The molecule has 0 spiro atoms. The quantitative estimate of drug-likeness (QED) is 0.624. The number of nitrogens with one attached hydrogen (secondary N) is 1. The van der Waals surface area contributed by atoms with Crippen molar-refractivity contribution in [3.8, 4) is 0 Å². The van der Waals surface area contributed by atoms with Crippen LogP contribution in [0.2, 0.25) is 0 Å². The van der Waals surface area contributed by atoms with Crippen LogP contribution < -0.4 is 5.32 Å². The molecule has 0 radical (unpaired) electrons. The van der Waals surface area contributed by atoms with Crippen molar-refractivity contribution in [2.75, 3.05) is 54.4 Å². The maximum atomic E-state index is 8.06. The standard InChI is InChI=1S/C10H25N3.C3H8O/c1-12(2)9-5-7-11-8-6-10-13(3)4;1-3(2)4/h11H,5-10H2,1-4H3;3-4H,1-2H3. The van der Waals surface area contributed by atoms with E-state index in [1.54, 1.807) is 13.8 Å². The molecule has 0 aliphatic heterocycles. The summed E-state index contributed by atoms with van der Waals surface area (Å²) in [5.74, 6) is 0. The highest BCUT2D eigenvalue weighted by Crippen LogP contribution is 1.83. The van der Waals surface area contributed by atoms with Crippen LogP contribution in [-0.4, -0.2) is 75.4 Å². The monoisotopic (exact) mass is 247 g/mol. The van der Waals surface area contributed by atoms with Crippen LogP contribution in [0.25, 0.3) is 0 Å². The summed E-state index contributed by atoms with van der Waals surface area (Å²) < 4.78 is 0.